The summed E-state index contributed by atoms with van der Waals surface area (Å²) in [7, 11) is -4.03. The van der Waals surface area contributed by atoms with Crippen LogP contribution in [-0.2, 0) is 19.0 Å². The van der Waals surface area contributed by atoms with Gasteiger partial charge in [0.25, 0.3) is 10.1 Å². The summed E-state index contributed by atoms with van der Waals surface area (Å²) >= 11 is 0. The summed E-state index contributed by atoms with van der Waals surface area (Å²) in [5, 5.41) is 8.44. The summed E-state index contributed by atoms with van der Waals surface area (Å²) in [6.45, 7) is 2.99. The van der Waals surface area contributed by atoms with Crippen LogP contribution in [0.25, 0.3) is 0 Å². The summed E-state index contributed by atoms with van der Waals surface area (Å²) < 4.78 is 52.1. The van der Waals surface area contributed by atoms with Crippen molar-refractivity contribution in [3.8, 4) is 0 Å². The van der Waals surface area contributed by atoms with Crippen molar-refractivity contribution in [2.45, 2.75) is 43.4 Å². The minimum absolute atomic E-state index is 0.0595. The number of cyclic esters (lactones) is 1. The number of hydrogen-bond acceptors (Lipinski definition) is 8. The molecule has 0 spiro atoms. The molecule has 36 heavy (non-hydrogen) atoms. The summed E-state index contributed by atoms with van der Waals surface area (Å²) in [6, 6.07) is 10.9. The number of halogens is 1. The van der Waals surface area contributed by atoms with Gasteiger partial charge < -0.3 is 9.64 Å². The fourth-order valence-corrected chi connectivity index (χ4v) is 5.59. The molecule has 10 nitrogen and oxygen atoms in total. The number of nitrogens with one attached hydrogen (secondary N) is 1. The van der Waals surface area contributed by atoms with Crippen molar-refractivity contribution in [3.63, 3.8) is 0 Å². The third kappa shape index (κ3) is 5.11. The number of nitrogens with zero attached hydrogens (tertiary/aromatic N) is 4. The fourth-order valence-electron chi connectivity index (χ4n) is 4.52. The lowest BCUT2D eigenvalue weighted by Gasteiger charge is -2.36. The van der Waals surface area contributed by atoms with Crippen LogP contribution in [0.1, 0.15) is 24.8 Å². The number of piperidine rings is 1. The molecule has 3 aliphatic rings. The Bertz CT molecular complexity index is 1290. The van der Waals surface area contributed by atoms with Crippen LogP contribution in [0.5, 0.6) is 0 Å². The second-order valence-corrected chi connectivity index (χ2v) is 10.6. The standard InChI is InChI=1S/C24H26FN5O5S/c1-17-5-8-20(9-6-17)36(32,33)35-23-4-2-3-12-29(23)22-10-7-18(14-21(22)25)30-16-19(34-24(30)31)15-28-13-11-26-27-28/h5-11,13-14,19,23H,2-4,12,15-16H2,1H3/p+1/t19?,23-/m0/s1. The van der Waals surface area contributed by atoms with Crippen LogP contribution >= 0.6 is 0 Å². The average molecular weight is 517 g/mol. The number of carbonyl (C=O) groups is 1. The first-order valence-corrected chi connectivity index (χ1v) is 13.2. The number of anilines is 2. The van der Waals surface area contributed by atoms with Gasteiger partial charge in [-0.3, -0.25) is 4.90 Å². The first-order valence-electron chi connectivity index (χ1n) is 11.8. The Balaban J connectivity index is 1.31. The molecule has 12 heteroatoms. The predicted molar refractivity (Wildman–Crippen MR) is 128 cm³/mol. The predicted octanol–water partition coefficient (Wildman–Crippen LogP) is 2.92. The van der Waals surface area contributed by atoms with E-state index in [1.807, 2.05) is 6.92 Å². The minimum Gasteiger partial charge on any atom is -0.438 e. The molecule has 1 amide bonds. The molecule has 0 aliphatic carbocycles. The van der Waals surface area contributed by atoms with Crippen LogP contribution < -0.4 is 14.8 Å². The first kappa shape index (κ1) is 24.3. The normalized spacial score (nSPS) is 23.9. The zero-order chi connectivity index (χ0) is 25.3. The van der Waals surface area contributed by atoms with E-state index in [9.17, 15) is 13.2 Å². The summed E-state index contributed by atoms with van der Waals surface area (Å²) in [5.74, 6) is -0.575. The Morgan fingerprint density at radius 1 is 1.19 bits per heavy atom. The maximum Gasteiger partial charge on any atom is 0.414 e. The van der Waals surface area contributed by atoms with E-state index in [1.165, 1.54) is 23.1 Å². The highest BCUT2D eigenvalue weighted by molar-refractivity contribution is 7.86. The van der Waals surface area contributed by atoms with E-state index in [-0.39, 0.29) is 17.1 Å². The fraction of sp³-hybridized carbons (Fsp3) is 0.375. The van der Waals surface area contributed by atoms with Gasteiger partial charge in [0.15, 0.2) is 6.10 Å². The Morgan fingerprint density at radius 2 is 2.00 bits per heavy atom. The lowest BCUT2D eigenvalue weighted by Crippen LogP contribution is -3.03. The molecule has 3 heterocycles. The van der Waals surface area contributed by atoms with Gasteiger partial charge >= 0.3 is 6.09 Å². The van der Waals surface area contributed by atoms with Crippen molar-refractivity contribution in [2.75, 3.05) is 29.4 Å². The monoisotopic (exact) mass is 516 g/mol. The summed E-state index contributed by atoms with van der Waals surface area (Å²) in [5.41, 5.74) is 1.51. The molecule has 190 valence electrons. The van der Waals surface area contributed by atoms with Gasteiger partial charge in [-0.2, -0.15) is 13.4 Å². The van der Waals surface area contributed by atoms with Gasteiger partial charge in [0.1, 0.15) is 31.0 Å². The maximum absolute atomic E-state index is 15.3. The SMILES string of the molecule is Cc1ccc(S(=O)(=O)O[C@H]2CCCCN2c2ccc(N3CC(C[NH+]4C=CN=N4)OC3=O)cc2F)cc1. The molecule has 3 atom stereocenters. The molecule has 2 aromatic rings. The van der Waals surface area contributed by atoms with Crippen molar-refractivity contribution >= 4 is 27.6 Å². The van der Waals surface area contributed by atoms with Crippen LogP contribution in [0, 0.1) is 12.7 Å². The number of hydrogen-bond donors (Lipinski definition) is 1. The first-order chi connectivity index (χ1) is 17.3. The van der Waals surface area contributed by atoms with Gasteiger partial charge in [0, 0.05) is 11.8 Å². The van der Waals surface area contributed by atoms with Crippen LogP contribution in [-0.4, -0.2) is 46.5 Å². The van der Waals surface area contributed by atoms with E-state index in [2.05, 4.69) is 10.3 Å². The maximum atomic E-state index is 15.3. The minimum atomic E-state index is -4.03. The zero-order valence-electron chi connectivity index (χ0n) is 19.7. The highest BCUT2D eigenvalue weighted by atomic mass is 32.2. The molecule has 0 aromatic heterocycles. The van der Waals surface area contributed by atoms with Gasteiger partial charge in [-0.15, -0.1) is 5.11 Å². The van der Waals surface area contributed by atoms with Gasteiger partial charge in [-0.05, 0) is 56.5 Å². The number of quaternary nitrogens is 1. The molecule has 2 aromatic carbocycles. The molecule has 0 radical (unpaired) electrons. The Kier molecular flexibility index (Phi) is 6.73. The Labute approximate surface area is 208 Å². The number of amides is 1. The van der Waals surface area contributed by atoms with E-state index in [0.717, 1.165) is 18.4 Å². The molecule has 2 saturated heterocycles. The third-order valence-corrected chi connectivity index (χ3v) is 7.70. The molecule has 2 fully saturated rings. The van der Waals surface area contributed by atoms with Crippen LogP contribution in [0.2, 0.25) is 0 Å². The molecule has 1 N–H and O–H groups in total. The van der Waals surface area contributed by atoms with E-state index in [0.29, 0.717) is 30.2 Å². The lowest BCUT2D eigenvalue weighted by atomic mass is 10.1. The Hall–Kier alpha value is -3.35. The quantitative estimate of drug-likeness (QED) is 0.568. The van der Waals surface area contributed by atoms with Crippen LogP contribution in [0.4, 0.5) is 20.6 Å². The largest absolute Gasteiger partial charge is 0.438 e. The highest BCUT2D eigenvalue weighted by Crippen LogP contribution is 2.33. The number of ether oxygens (including phenoxy) is 1. The summed E-state index contributed by atoms with van der Waals surface area (Å²) in [4.78, 5) is 15.5. The molecule has 3 aliphatic heterocycles. The number of aryl methyl sites for hydroxylation is 1. The number of benzene rings is 2. The van der Waals surface area contributed by atoms with Crippen molar-refractivity contribution in [1.82, 2.24) is 0 Å². The lowest BCUT2D eigenvalue weighted by molar-refractivity contribution is -0.858. The number of rotatable bonds is 7. The van der Waals surface area contributed by atoms with Crippen molar-refractivity contribution in [3.05, 3.63) is 66.2 Å². The molecule has 5 rings (SSSR count). The van der Waals surface area contributed by atoms with Gasteiger partial charge in [-0.25, -0.2) is 13.4 Å². The van der Waals surface area contributed by atoms with Crippen molar-refractivity contribution < 1.29 is 31.5 Å². The topological polar surface area (TPSA) is 105 Å². The van der Waals surface area contributed by atoms with E-state index >= 15 is 4.39 Å². The van der Waals surface area contributed by atoms with Gasteiger partial charge in [0.05, 0.1) is 22.8 Å². The molecular formula is C24H27FN5O5S+. The molecule has 2 unspecified atom stereocenters. The van der Waals surface area contributed by atoms with E-state index in [4.69, 9.17) is 8.92 Å². The smallest absolute Gasteiger partial charge is 0.414 e. The second kappa shape index (κ2) is 9.96. The molecular weight excluding hydrogens is 489 g/mol. The highest BCUT2D eigenvalue weighted by Gasteiger charge is 2.36. The molecule has 0 bridgehead atoms. The van der Waals surface area contributed by atoms with Crippen molar-refractivity contribution in [1.29, 1.82) is 0 Å². The Morgan fingerprint density at radius 3 is 2.72 bits per heavy atom. The van der Waals surface area contributed by atoms with Gasteiger partial charge in [-0.1, -0.05) is 17.7 Å². The van der Waals surface area contributed by atoms with E-state index in [1.54, 1.807) is 41.6 Å². The average Bonchev–Trinajstić information content (AvgIpc) is 3.49. The third-order valence-electron chi connectivity index (χ3n) is 6.38. The van der Waals surface area contributed by atoms with Gasteiger partial charge in [0.2, 0.25) is 0 Å². The van der Waals surface area contributed by atoms with Crippen LogP contribution in [0.3, 0.4) is 0 Å². The van der Waals surface area contributed by atoms with E-state index < -0.39 is 34.4 Å². The second-order valence-electron chi connectivity index (χ2n) is 8.99. The zero-order valence-corrected chi connectivity index (χ0v) is 20.5. The van der Waals surface area contributed by atoms with Crippen LogP contribution in [0.15, 0.2) is 70.1 Å². The molecule has 0 saturated carbocycles. The number of carbonyl (C=O) groups excluding carboxylic acids is 1. The van der Waals surface area contributed by atoms with Crippen molar-refractivity contribution in [2.24, 2.45) is 10.3 Å². The summed E-state index contributed by atoms with van der Waals surface area (Å²) in [6.07, 6.45) is 3.49.